The first kappa shape index (κ1) is 22.7. The van der Waals surface area contributed by atoms with E-state index in [0.717, 1.165) is 59.7 Å². The zero-order chi connectivity index (χ0) is 24.7. The Morgan fingerprint density at radius 2 is 1.78 bits per heavy atom. The molecule has 0 radical (unpaired) electrons. The average Bonchev–Trinajstić information content (AvgIpc) is 3.55. The Bertz CT molecular complexity index is 1410. The van der Waals surface area contributed by atoms with Crippen LogP contribution in [0.2, 0.25) is 0 Å². The number of primary amides is 1. The van der Waals surface area contributed by atoms with Crippen molar-refractivity contribution in [3.05, 3.63) is 54.5 Å². The van der Waals surface area contributed by atoms with Gasteiger partial charge in [-0.2, -0.15) is 10.2 Å². The molecular weight excluding hydrogens is 458 g/mol. The average molecular weight is 488 g/mol. The van der Waals surface area contributed by atoms with Crippen LogP contribution >= 0.6 is 0 Å². The topological polar surface area (TPSA) is 136 Å². The Labute approximate surface area is 208 Å². The molecular formula is C26H29N7O3. The summed E-state index contributed by atoms with van der Waals surface area (Å²) in [5.74, 6) is 0.0655. The fourth-order valence-corrected chi connectivity index (χ4v) is 5.59. The van der Waals surface area contributed by atoms with Gasteiger partial charge in [0.1, 0.15) is 11.8 Å². The van der Waals surface area contributed by atoms with Crippen LogP contribution in [0.1, 0.15) is 37.3 Å². The minimum atomic E-state index is -0.750. The predicted octanol–water partition coefficient (Wildman–Crippen LogP) is 2.73. The fourth-order valence-electron chi connectivity index (χ4n) is 5.59. The van der Waals surface area contributed by atoms with Gasteiger partial charge in [-0.25, -0.2) is 9.50 Å². The number of hydrogen-bond donors (Lipinski definition) is 2. The van der Waals surface area contributed by atoms with Crippen LogP contribution in [-0.2, 0) is 19.7 Å². The van der Waals surface area contributed by atoms with Crippen molar-refractivity contribution in [3.63, 3.8) is 0 Å². The fraction of sp³-hybridized carbons (Fsp3) is 0.385. The SMILES string of the molecule is NC(=O)C1(c2cccc(-c3cc(-c4ccnn4C4CCOCC4)c4c(N)ncnn34)c2)CCOCC1. The van der Waals surface area contributed by atoms with Crippen molar-refractivity contribution in [1.82, 2.24) is 24.4 Å². The van der Waals surface area contributed by atoms with E-state index < -0.39 is 5.41 Å². The van der Waals surface area contributed by atoms with Crippen molar-refractivity contribution in [2.45, 2.75) is 37.1 Å². The summed E-state index contributed by atoms with van der Waals surface area (Å²) in [7, 11) is 0. The molecule has 10 nitrogen and oxygen atoms in total. The van der Waals surface area contributed by atoms with Crippen molar-refractivity contribution in [3.8, 4) is 22.5 Å². The number of hydrogen-bond acceptors (Lipinski definition) is 7. The normalized spacial score (nSPS) is 18.4. The second-order valence-electron chi connectivity index (χ2n) is 9.49. The first-order valence-corrected chi connectivity index (χ1v) is 12.3. The van der Waals surface area contributed by atoms with Crippen LogP contribution in [0.3, 0.4) is 0 Å². The maximum Gasteiger partial charge on any atom is 0.228 e. The van der Waals surface area contributed by atoms with E-state index in [2.05, 4.69) is 25.9 Å². The van der Waals surface area contributed by atoms with E-state index in [4.69, 9.17) is 20.9 Å². The maximum absolute atomic E-state index is 12.6. The van der Waals surface area contributed by atoms with E-state index in [1.807, 2.05) is 41.0 Å². The summed E-state index contributed by atoms with van der Waals surface area (Å²) in [6, 6.07) is 12.3. The quantitative estimate of drug-likeness (QED) is 0.442. The summed E-state index contributed by atoms with van der Waals surface area (Å²) in [6.07, 6.45) is 6.20. The molecule has 3 aromatic heterocycles. The third kappa shape index (κ3) is 3.64. The van der Waals surface area contributed by atoms with Gasteiger partial charge in [0.25, 0.3) is 0 Å². The largest absolute Gasteiger partial charge is 0.382 e. The molecule has 0 saturated carbocycles. The first-order chi connectivity index (χ1) is 17.6. The Morgan fingerprint density at radius 3 is 2.56 bits per heavy atom. The molecule has 10 heteroatoms. The lowest BCUT2D eigenvalue weighted by atomic mass is 9.73. The van der Waals surface area contributed by atoms with Gasteiger partial charge >= 0.3 is 0 Å². The summed E-state index contributed by atoms with van der Waals surface area (Å²) >= 11 is 0. The predicted molar refractivity (Wildman–Crippen MR) is 134 cm³/mol. The molecule has 2 aliphatic rings. The molecule has 4 N–H and O–H groups in total. The molecule has 5 heterocycles. The number of nitrogens with zero attached hydrogens (tertiary/aromatic N) is 5. The Kier molecular flexibility index (Phi) is 5.69. The number of nitrogen functional groups attached to an aromatic ring is 1. The van der Waals surface area contributed by atoms with E-state index in [-0.39, 0.29) is 11.9 Å². The van der Waals surface area contributed by atoms with E-state index >= 15 is 0 Å². The van der Waals surface area contributed by atoms with Gasteiger partial charge < -0.3 is 20.9 Å². The minimum absolute atomic E-state index is 0.250. The molecule has 0 bridgehead atoms. The number of carbonyl (C=O) groups is 1. The molecule has 36 heavy (non-hydrogen) atoms. The molecule has 4 aromatic rings. The minimum Gasteiger partial charge on any atom is -0.382 e. The van der Waals surface area contributed by atoms with Gasteiger partial charge in [-0.05, 0) is 49.4 Å². The van der Waals surface area contributed by atoms with Gasteiger partial charge in [-0.15, -0.1) is 0 Å². The third-order valence-corrected chi connectivity index (χ3v) is 7.59. The second kappa shape index (κ2) is 9.03. The molecule has 186 valence electrons. The summed E-state index contributed by atoms with van der Waals surface area (Å²) in [5, 5.41) is 9.20. The van der Waals surface area contributed by atoms with Gasteiger partial charge in [-0.3, -0.25) is 9.48 Å². The van der Waals surface area contributed by atoms with E-state index in [1.54, 1.807) is 0 Å². The summed E-state index contributed by atoms with van der Waals surface area (Å²) in [4.78, 5) is 16.9. The van der Waals surface area contributed by atoms with Gasteiger partial charge in [0.2, 0.25) is 5.91 Å². The maximum atomic E-state index is 12.6. The van der Waals surface area contributed by atoms with Crippen LogP contribution in [0.4, 0.5) is 5.82 Å². The molecule has 0 aliphatic carbocycles. The van der Waals surface area contributed by atoms with Crippen molar-refractivity contribution in [2.24, 2.45) is 5.73 Å². The highest BCUT2D eigenvalue weighted by Gasteiger charge is 2.40. The van der Waals surface area contributed by atoms with Crippen molar-refractivity contribution in [1.29, 1.82) is 0 Å². The van der Waals surface area contributed by atoms with Crippen molar-refractivity contribution in [2.75, 3.05) is 32.2 Å². The van der Waals surface area contributed by atoms with E-state index in [0.29, 0.717) is 31.9 Å². The van der Waals surface area contributed by atoms with Crippen LogP contribution in [-0.4, -0.2) is 56.7 Å². The molecule has 0 unspecified atom stereocenters. The van der Waals surface area contributed by atoms with Crippen LogP contribution in [0.25, 0.3) is 28.0 Å². The number of aromatic nitrogens is 5. The smallest absolute Gasteiger partial charge is 0.228 e. The Hall–Kier alpha value is -3.76. The van der Waals surface area contributed by atoms with Crippen LogP contribution in [0.5, 0.6) is 0 Å². The highest BCUT2D eigenvalue weighted by molar-refractivity contribution is 5.91. The second-order valence-corrected chi connectivity index (χ2v) is 9.49. The Balaban J connectivity index is 1.50. The molecule has 6 rings (SSSR count). The van der Waals surface area contributed by atoms with Crippen LogP contribution < -0.4 is 11.5 Å². The van der Waals surface area contributed by atoms with Crippen molar-refractivity contribution >= 4 is 17.2 Å². The Morgan fingerprint density at radius 1 is 1.00 bits per heavy atom. The lowest BCUT2D eigenvalue weighted by molar-refractivity contribution is -0.127. The summed E-state index contributed by atoms with van der Waals surface area (Å²) in [6.45, 7) is 2.45. The molecule has 2 aliphatic heterocycles. The number of rotatable bonds is 5. The van der Waals surface area contributed by atoms with Gasteiger partial charge in [0.05, 0.1) is 22.8 Å². The monoisotopic (exact) mass is 487 g/mol. The number of carbonyl (C=O) groups excluding carboxylic acids is 1. The number of anilines is 1. The molecule has 1 aromatic carbocycles. The van der Waals surface area contributed by atoms with Crippen LogP contribution in [0.15, 0.2) is 48.9 Å². The van der Waals surface area contributed by atoms with Crippen molar-refractivity contribution < 1.29 is 14.3 Å². The van der Waals surface area contributed by atoms with Gasteiger partial charge in [-0.1, -0.05) is 18.2 Å². The van der Waals surface area contributed by atoms with E-state index in [1.165, 1.54) is 6.33 Å². The number of benzene rings is 1. The number of nitrogens with two attached hydrogens (primary N) is 2. The number of fused-ring (bicyclic) bond motifs is 1. The molecule has 0 atom stereocenters. The highest BCUT2D eigenvalue weighted by Crippen LogP contribution is 2.39. The zero-order valence-electron chi connectivity index (χ0n) is 20.0. The van der Waals surface area contributed by atoms with Gasteiger partial charge in [0, 0.05) is 43.8 Å². The molecule has 0 spiro atoms. The lowest BCUT2D eigenvalue weighted by Gasteiger charge is -2.34. The molecule has 2 saturated heterocycles. The number of amides is 1. The molecule has 1 amide bonds. The first-order valence-electron chi connectivity index (χ1n) is 12.3. The molecule has 2 fully saturated rings. The number of ether oxygens (including phenoxy) is 2. The lowest BCUT2D eigenvalue weighted by Crippen LogP contribution is -2.45. The third-order valence-electron chi connectivity index (χ3n) is 7.59. The zero-order valence-corrected chi connectivity index (χ0v) is 20.0. The summed E-state index contributed by atoms with van der Waals surface area (Å²) < 4.78 is 15.0. The van der Waals surface area contributed by atoms with E-state index in [9.17, 15) is 4.79 Å². The summed E-state index contributed by atoms with van der Waals surface area (Å²) in [5.41, 5.74) is 16.8. The van der Waals surface area contributed by atoms with Gasteiger partial charge in [0.15, 0.2) is 5.82 Å². The van der Waals surface area contributed by atoms with Crippen LogP contribution in [0, 0.1) is 0 Å². The standard InChI is InChI=1S/C26H29N7O3/c27-24-23-20(21-4-9-30-32(21)19-5-10-35-11-6-19)15-22(33(23)31-16-29-24)17-2-1-3-18(14-17)26(25(28)34)7-12-36-13-8-26/h1-4,9,14-16,19H,5-8,10-13H2,(H2,28,34)(H2,27,29,31). The highest BCUT2D eigenvalue weighted by atomic mass is 16.5.